The molecular weight excluding hydrogens is 330 g/mol. The van der Waals surface area contributed by atoms with Gasteiger partial charge in [-0.25, -0.2) is 19.5 Å². The van der Waals surface area contributed by atoms with Gasteiger partial charge in [0.1, 0.15) is 12.1 Å². The fraction of sp³-hybridized carbons (Fsp3) is 0.111. The molecule has 0 spiro atoms. The number of hydrogen-bond acceptors (Lipinski definition) is 7. The van der Waals surface area contributed by atoms with Gasteiger partial charge in [0, 0.05) is 12.7 Å². The highest BCUT2D eigenvalue weighted by atomic mass is 16.5. The molecule has 0 radical (unpaired) electrons. The molecule has 4 aromatic rings. The predicted octanol–water partition coefficient (Wildman–Crippen LogP) is 2.57. The van der Waals surface area contributed by atoms with Gasteiger partial charge in [0.25, 0.3) is 0 Å². The van der Waals surface area contributed by atoms with E-state index in [1.54, 1.807) is 11.7 Å². The summed E-state index contributed by atoms with van der Waals surface area (Å²) in [6, 6.07) is 15.3. The molecule has 0 aliphatic rings. The first-order chi connectivity index (χ1) is 12.7. The number of benzene rings is 2. The van der Waals surface area contributed by atoms with Gasteiger partial charge in [-0.05, 0) is 36.4 Å². The molecule has 0 aliphatic carbocycles. The van der Waals surface area contributed by atoms with Crippen molar-refractivity contribution in [3.05, 3.63) is 54.9 Å². The largest absolute Gasteiger partial charge is 0.497 e. The van der Waals surface area contributed by atoms with E-state index in [1.807, 2.05) is 60.5 Å². The molecule has 8 nitrogen and oxygen atoms in total. The predicted molar refractivity (Wildman–Crippen MR) is 99.9 cm³/mol. The van der Waals surface area contributed by atoms with Crippen LogP contribution in [0.25, 0.3) is 17.0 Å². The van der Waals surface area contributed by atoms with Gasteiger partial charge in [0.15, 0.2) is 0 Å². The summed E-state index contributed by atoms with van der Waals surface area (Å²) >= 11 is 0. The van der Waals surface area contributed by atoms with Gasteiger partial charge in [-0.1, -0.05) is 12.1 Å². The van der Waals surface area contributed by atoms with Crippen LogP contribution in [0.4, 0.5) is 17.6 Å². The highest BCUT2D eigenvalue weighted by molar-refractivity contribution is 5.80. The topological polar surface area (TPSA) is 95.0 Å². The van der Waals surface area contributed by atoms with Crippen LogP contribution in [0.3, 0.4) is 0 Å². The number of nitrogens with zero attached hydrogens (tertiary/aromatic N) is 6. The van der Waals surface area contributed by atoms with Crippen molar-refractivity contribution in [1.82, 2.24) is 24.5 Å². The number of aromatic nitrogens is 5. The van der Waals surface area contributed by atoms with Gasteiger partial charge in [-0.3, -0.25) is 0 Å². The second kappa shape index (κ2) is 6.32. The zero-order valence-electron chi connectivity index (χ0n) is 14.4. The monoisotopic (exact) mass is 347 g/mol. The van der Waals surface area contributed by atoms with E-state index in [0.717, 1.165) is 22.5 Å². The van der Waals surface area contributed by atoms with E-state index < -0.39 is 0 Å². The maximum atomic E-state index is 6.08. The molecular formula is C18H17N7O. The third kappa shape index (κ3) is 2.67. The van der Waals surface area contributed by atoms with E-state index in [4.69, 9.17) is 10.5 Å². The van der Waals surface area contributed by atoms with Crippen LogP contribution >= 0.6 is 0 Å². The third-order valence-electron chi connectivity index (χ3n) is 4.09. The molecule has 0 aliphatic heterocycles. The minimum atomic E-state index is 0.329. The van der Waals surface area contributed by atoms with E-state index in [2.05, 4.69) is 19.9 Å². The third-order valence-corrected chi connectivity index (χ3v) is 4.09. The number of nitrogen functional groups attached to an aromatic ring is 1. The van der Waals surface area contributed by atoms with E-state index in [1.165, 1.54) is 6.33 Å². The number of hydrogen-bond donors (Lipinski definition) is 1. The number of imidazole rings is 1. The number of nitrogens with two attached hydrogens (primary N) is 1. The SMILES string of the molecule is COc1ccc(N(C)c2ncnc(-n3c(N)nc4ccccc43)n2)cc1. The highest BCUT2D eigenvalue weighted by Gasteiger charge is 2.14. The Hall–Kier alpha value is -3.68. The summed E-state index contributed by atoms with van der Waals surface area (Å²) in [7, 11) is 3.52. The zero-order chi connectivity index (χ0) is 18.1. The van der Waals surface area contributed by atoms with Crippen molar-refractivity contribution >= 4 is 28.6 Å². The summed E-state index contributed by atoms with van der Waals surface area (Å²) in [4.78, 5) is 19.3. The quantitative estimate of drug-likeness (QED) is 0.606. The minimum absolute atomic E-state index is 0.329. The Balaban J connectivity index is 1.75. The molecule has 0 saturated carbocycles. The molecule has 2 aromatic carbocycles. The Bertz CT molecular complexity index is 1060. The lowest BCUT2D eigenvalue weighted by atomic mass is 10.3. The average Bonchev–Trinajstić information content (AvgIpc) is 3.03. The molecule has 26 heavy (non-hydrogen) atoms. The van der Waals surface area contributed by atoms with E-state index >= 15 is 0 Å². The molecule has 0 saturated heterocycles. The van der Waals surface area contributed by atoms with Crippen LogP contribution in [0.5, 0.6) is 5.75 Å². The second-order valence-corrected chi connectivity index (χ2v) is 5.64. The van der Waals surface area contributed by atoms with Gasteiger partial charge in [-0.2, -0.15) is 4.98 Å². The van der Waals surface area contributed by atoms with Crippen LogP contribution in [-0.2, 0) is 0 Å². The molecule has 4 rings (SSSR count). The molecule has 8 heteroatoms. The van der Waals surface area contributed by atoms with Crippen LogP contribution in [0.1, 0.15) is 0 Å². The van der Waals surface area contributed by atoms with E-state index in [9.17, 15) is 0 Å². The second-order valence-electron chi connectivity index (χ2n) is 5.64. The Morgan fingerprint density at radius 1 is 1.00 bits per heavy atom. The molecule has 130 valence electrons. The van der Waals surface area contributed by atoms with Gasteiger partial charge >= 0.3 is 0 Å². The molecule has 0 amide bonds. The molecule has 0 atom stereocenters. The Labute approximate surface area is 149 Å². The minimum Gasteiger partial charge on any atom is -0.497 e. The van der Waals surface area contributed by atoms with E-state index in [0.29, 0.717) is 17.8 Å². The van der Waals surface area contributed by atoms with Crippen molar-refractivity contribution in [3.8, 4) is 11.7 Å². The van der Waals surface area contributed by atoms with Crippen LogP contribution in [0.15, 0.2) is 54.9 Å². The Morgan fingerprint density at radius 3 is 2.54 bits per heavy atom. The summed E-state index contributed by atoms with van der Waals surface area (Å²) in [5, 5.41) is 0. The standard InChI is InChI=1S/C18H17N7O/c1-24(12-7-9-13(26-2)10-8-12)17-20-11-21-18(23-17)25-15-6-4-3-5-14(15)22-16(25)19/h3-11H,1-2H3,(H2,19,22). The molecule has 2 N–H and O–H groups in total. The summed E-state index contributed by atoms with van der Waals surface area (Å²) in [5.74, 6) is 2.03. The van der Waals surface area contributed by atoms with Crippen LogP contribution in [0, 0.1) is 0 Å². The van der Waals surface area contributed by atoms with Crippen LogP contribution in [0.2, 0.25) is 0 Å². The average molecular weight is 347 g/mol. The lowest BCUT2D eigenvalue weighted by Gasteiger charge is -2.17. The van der Waals surface area contributed by atoms with Crippen molar-refractivity contribution in [1.29, 1.82) is 0 Å². The molecule has 0 fully saturated rings. The number of anilines is 3. The van der Waals surface area contributed by atoms with Crippen molar-refractivity contribution in [2.24, 2.45) is 0 Å². The summed E-state index contributed by atoms with van der Waals surface area (Å²) in [5.41, 5.74) is 8.63. The van der Waals surface area contributed by atoms with Gasteiger partial charge < -0.3 is 15.4 Å². The van der Waals surface area contributed by atoms with Crippen molar-refractivity contribution in [2.45, 2.75) is 0 Å². The first kappa shape index (κ1) is 15.8. The summed E-state index contributed by atoms with van der Waals surface area (Å²) < 4.78 is 6.90. The van der Waals surface area contributed by atoms with Crippen molar-refractivity contribution in [2.75, 3.05) is 24.8 Å². The van der Waals surface area contributed by atoms with Crippen molar-refractivity contribution in [3.63, 3.8) is 0 Å². The van der Waals surface area contributed by atoms with Gasteiger partial charge in [0.05, 0.1) is 18.1 Å². The highest BCUT2D eigenvalue weighted by Crippen LogP contribution is 2.25. The number of rotatable bonds is 4. The Kier molecular flexibility index (Phi) is 3.85. The van der Waals surface area contributed by atoms with Gasteiger partial charge in [0.2, 0.25) is 17.8 Å². The number of fused-ring (bicyclic) bond motifs is 1. The van der Waals surface area contributed by atoms with Crippen molar-refractivity contribution < 1.29 is 4.74 Å². The van der Waals surface area contributed by atoms with Crippen LogP contribution < -0.4 is 15.4 Å². The normalized spacial score (nSPS) is 10.8. The number of methoxy groups -OCH3 is 1. The molecule has 0 unspecified atom stereocenters. The first-order valence-electron chi connectivity index (χ1n) is 7.97. The van der Waals surface area contributed by atoms with E-state index in [-0.39, 0.29) is 0 Å². The first-order valence-corrected chi connectivity index (χ1v) is 7.97. The maximum absolute atomic E-state index is 6.08. The molecule has 2 heterocycles. The fourth-order valence-electron chi connectivity index (χ4n) is 2.72. The molecule has 0 bridgehead atoms. The zero-order valence-corrected chi connectivity index (χ0v) is 14.4. The summed E-state index contributed by atoms with van der Waals surface area (Å²) in [6.45, 7) is 0. The Morgan fingerprint density at radius 2 is 1.77 bits per heavy atom. The number of ether oxygens (including phenoxy) is 1. The fourth-order valence-corrected chi connectivity index (χ4v) is 2.72. The number of para-hydroxylation sites is 2. The maximum Gasteiger partial charge on any atom is 0.241 e. The lowest BCUT2D eigenvalue weighted by molar-refractivity contribution is 0.415. The smallest absolute Gasteiger partial charge is 0.241 e. The lowest BCUT2D eigenvalue weighted by Crippen LogP contribution is -2.15. The summed E-state index contributed by atoms with van der Waals surface area (Å²) in [6.07, 6.45) is 1.46. The van der Waals surface area contributed by atoms with Crippen LogP contribution in [-0.4, -0.2) is 38.7 Å². The molecule has 2 aromatic heterocycles. The van der Waals surface area contributed by atoms with Gasteiger partial charge in [-0.15, -0.1) is 0 Å².